The number of phenolic OH excluding ortho intramolecular Hbond substituents is 2. The number of fused-ring (bicyclic) bond motifs is 1. The molecular formula is C16H12O6. The first-order valence-electron chi connectivity index (χ1n) is 6.38. The van der Waals surface area contributed by atoms with Gasteiger partial charge in [0.25, 0.3) is 0 Å². The van der Waals surface area contributed by atoms with Crippen LogP contribution in [-0.2, 0) is 0 Å². The lowest BCUT2D eigenvalue weighted by Crippen LogP contribution is -2.03. The van der Waals surface area contributed by atoms with E-state index in [-0.39, 0.29) is 22.5 Å². The summed E-state index contributed by atoms with van der Waals surface area (Å²) < 4.78 is 10.7. The average molecular weight is 300 g/mol. The summed E-state index contributed by atoms with van der Waals surface area (Å²) >= 11 is 0. The molecule has 0 aliphatic heterocycles. The molecule has 0 saturated heterocycles. The molecule has 0 unspecified atom stereocenters. The lowest BCUT2D eigenvalue weighted by molar-refractivity contribution is 0.411. The third kappa shape index (κ3) is 2.01. The van der Waals surface area contributed by atoms with Crippen LogP contribution in [0.25, 0.3) is 22.3 Å². The van der Waals surface area contributed by atoms with E-state index in [0.717, 1.165) is 6.07 Å². The lowest BCUT2D eigenvalue weighted by Gasteiger charge is -2.10. The molecule has 0 radical (unpaired) electrons. The molecule has 6 nitrogen and oxygen atoms in total. The fourth-order valence-corrected chi connectivity index (χ4v) is 2.29. The van der Waals surface area contributed by atoms with Gasteiger partial charge in [-0.3, -0.25) is 4.79 Å². The second-order valence-corrected chi connectivity index (χ2v) is 4.65. The van der Waals surface area contributed by atoms with Crippen molar-refractivity contribution in [2.24, 2.45) is 0 Å². The van der Waals surface area contributed by atoms with Crippen molar-refractivity contribution >= 4 is 11.0 Å². The molecule has 0 saturated carbocycles. The van der Waals surface area contributed by atoms with Gasteiger partial charge in [-0.05, 0) is 12.1 Å². The van der Waals surface area contributed by atoms with Crippen molar-refractivity contribution in [3.8, 4) is 34.3 Å². The zero-order valence-electron chi connectivity index (χ0n) is 11.5. The molecule has 3 N–H and O–H groups in total. The van der Waals surface area contributed by atoms with Crippen molar-refractivity contribution in [2.75, 3.05) is 7.11 Å². The summed E-state index contributed by atoms with van der Waals surface area (Å²) in [5, 5.41) is 29.2. The molecular weight excluding hydrogens is 288 g/mol. The molecule has 0 amide bonds. The van der Waals surface area contributed by atoms with Crippen molar-refractivity contribution < 1.29 is 24.5 Å². The number of hydrogen-bond donors (Lipinski definition) is 3. The first-order chi connectivity index (χ1) is 10.5. The van der Waals surface area contributed by atoms with Crippen LogP contribution in [0.15, 0.2) is 45.6 Å². The standard InChI is InChI=1S/C16H12O6/c1-21-11-5-3-2-4-9(11)16-15(20)14(19)13-10(18)6-8(17)7-12(13)22-16/h2-7,17-18,20H,1H3. The largest absolute Gasteiger partial charge is 0.508 e. The molecule has 3 rings (SSSR count). The van der Waals surface area contributed by atoms with Crippen molar-refractivity contribution in [1.29, 1.82) is 0 Å². The van der Waals surface area contributed by atoms with Gasteiger partial charge in [0.05, 0.1) is 12.7 Å². The van der Waals surface area contributed by atoms with Crippen molar-refractivity contribution in [3.63, 3.8) is 0 Å². The van der Waals surface area contributed by atoms with Crippen molar-refractivity contribution in [3.05, 3.63) is 46.6 Å². The zero-order valence-corrected chi connectivity index (χ0v) is 11.5. The molecule has 6 heteroatoms. The monoisotopic (exact) mass is 300 g/mol. The van der Waals surface area contributed by atoms with Gasteiger partial charge in [0.1, 0.15) is 28.2 Å². The molecule has 3 aromatic rings. The average Bonchev–Trinajstić information content (AvgIpc) is 2.50. The summed E-state index contributed by atoms with van der Waals surface area (Å²) in [6.45, 7) is 0. The van der Waals surface area contributed by atoms with Crippen LogP contribution in [-0.4, -0.2) is 22.4 Å². The SMILES string of the molecule is COc1ccccc1-c1oc2cc(O)cc(O)c2c(=O)c1O. The Balaban J connectivity index is 2.41. The number of para-hydroxylation sites is 1. The predicted molar refractivity (Wildman–Crippen MR) is 79.5 cm³/mol. The van der Waals surface area contributed by atoms with Gasteiger partial charge in [-0.2, -0.15) is 0 Å². The zero-order chi connectivity index (χ0) is 15.9. The number of phenols is 2. The topological polar surface area (TPSA) is 100 Å². The molecule has 0 aliphatic carbocycles. The molecule has 112 valence electrons. The molecule has 0 aliphatic rings. The van der Waals surface area contributed by atoms with Gasteiger partial charge in [0, 0.05) is 12.1 Å². The van der Waals surface area contributed by atoms with E-state index in [1.165, 1.54) is 13.2 Å². The van der Waals surface area contributed by atoms with Gasteiger partial charge in [-0.15, -0.1) is 0 Å². The highest BCUT2D eigenvalue weighted by atomic mass is 16.5. The minimum absolute atomic E-state index is 0.0405. The fraction of sp³-hybridized carbons (Fsp3) is 0.0625. The summed E-state index contributed by atoms with van der Waals surface area (Å²) in [4.78, 5) is 12.3. The van der Waals surface area contributed by atoms with E-state index < -0.39 is 16.9 Å². The number of hydrogen-bond acceptors (Lipinski definition) is 6. The predicted octanol–water partition coefficient (Wildman–Crippen LogP) is 2.59. The smallest absolute Gasteiger partial charge is 0.238 e. The Bertz CT molecular complexity index is 926. The van der Waals surface area contributed by atoms with Crippen LogP contribution in [0.5, 0.6) is 23.0 Å². The van der Waals surface area contributed by atoms with E-state index in [1.54, 1.807) is 24.3 Å². The van der Waals surface area contributed by atoms with E-state index in [1.807, 2.05) is 0 Å². The number of rotatable bonds is 2. The van der Waals surface area contributed by atoms with Crippen molar-refractivity contribution in [1.82, 2.24) is 0 Å². The van der Waals surface area contributed by atoms with E-state index in [2.05, 4.69) is 0 Å². The molecule has 1 aromatic heterocycles. The normalized spacial score (nSPS) is 10.8. The maximum Gasteiger partial charge on any atom is 0.238 e. The van der Waals surface area contributed by atoms with Crippen LogP contribution in [0.4, 0.5) is 0 Å². The number of ether oxygens (including phenoxy) is 1. The van der Waals surface area contributed by atoms with E-state index in [9.17, 15) is 20.1 Å². The van der Waals surface area contributed by atoms with Gasteiger partial charge >= 0.3 is 0 Å². The van der Waals surface area contributed by atoms with Gasteiger partial charge in [-0.25, -0.2) is 0 Å². The Morgan fingerprint density at radius 3 is 2.55 bits per heavy atom. The Morgan fingerprint density at radius 2 is 1.82 bits per heavy atom. The summed E-state index contributed by atoms with van der Waals surface area (Å²) in [5.41, 5.74) is -0.454. The van der Waals surface area contributed by atoms with E-state index in [4.69, 9.17) is 9.15 Å². The number of methoxy groups -OCH3 is 1. The Hall–Kier alpha value is -3.15. The molecule has 0 fully saturated rings. The van der Waals surface area contributed by atoms with Gasteiger partial charge in [-0.1, -0.05) is 12.1 Å². The molecule has 2 aromatic carbocycles. The fourth-order valence-electron chi connectivity index (χ4n) is 2.29. The quantitative estimate of drug-likeness (QED) is 0.672. The maximum atomic E-state index is 12.3. The van der Waals surface area contributed by atoms with Crippen LogP contribution in [0.2, 0.25) is 0 Å². The summed E-state index contributed by atoms with van der Waals surface area (Å²) in [6, 6.07) is 8.89. The Morgan fingerprint density at radius 1 is 1.09 bits per heavy atom. The Kier molecular flexibility index (Phi) is 3.14. The van der Waals surface area contributed by atoms with Crippen LogP contribution in [0.1, 0.15) is 0 Å². The minimum atomic E-state index is -0.792. The van der Waals surface area contributed by atoms with Gasteiger partial charge in [0.15, 0.2) is 5.76 Å². The maximum absolute atomic E-state index is 12.3. The van der Waals surface area contributed by atoms with Crippen molar-refractivity contribution in [2.45, 2.75) is 0 Å². The number of benzene rings is 2. The Labute approximate surface area is 124 Å². The molecule has 0 bridgehead atoms. The van der Waals surface area contributed by atoms with E-state index >= 15 is 0 Å². The third-order valence-corrected chi connectivity index (χ3v) is 3.29. The second-order valence-electron chi connectivity index (χ2n) is 4.65. The highest BCUT2D eigenvalue weighted by molar-refractivity contribution is 5.88. The highest BCUT2D eigenvalue weighted by Gasteiger charge is 2.20. The second kappa shape index (κ2) is 5.00. The summed E-state index contributed by atoms with van der Waals surface area (Å²) in [5.74, 6) is -1.06. The summed E-state index contributed by atoms with van der Waals surface area (Å²) in [6.07, 6.45) is 0. The van der Waals surface area contributed by atoms with Gasteiger partial charge in [0.2, 0.25) is 11.2 Å². The molecule has 1 heterocycles. The van der Waals surface area contributed by atoms with Crippen LogP contribution < -0.4 is 10.2 Å². The highest BCUT2D eigenvalue weighted by Crippen LogP contribution is 2.38. The first-order valence-corrected chi connectivity index (χ1v) is 6.38. The van der Waals surface area contributed by atoms with Crippen LogP contribution in [0.3, 0.4) is 0 Å². The van der Waals surface area contributed by atoms with Crippen LogP contribution in [0, 0.1) is 0 Å². The number of aromatic hydroxyl groups is 3. The molecule has 22 heavy (non-hydrogen) atoms. The molecule has 0 atom stereocenters. The first kappa shape index (κ1) is 13.8. The van der Waals surface area contributed by atoms with Crippen LogP contribution >= 0.6 is 0 Å². The molecule has 0 spiro atoms. The third-order valence-electron chi connectivity index (χ3n) is 3.29. The lowest BCUT2D eigenvalue weighted by atomic mass is 10.1. The minimum Gasteiger partial charge on any atom is -0.508 e. The van der Waals surface area contributed by atoms with E-state index in [0.29, 0.717) is 11.3 Å². The summed E-state index contributed by atoms with van der Waals surface area (Å²) in [7, 11) is 1.45. The van der Waals surface area contributed by atoms with Gasteiger partial charge < -0.3 is 24.5 Å².